The van der Waals surface area contributed by atoms with Gasteiger partial charge in [0.05, 0.1) is 15.4 Å². The zero-order chi connectivity index (χ0) is 23.1. The van der Waals surface area contributed by atoms with Gasteiger partial charge in [-0.2, -0.15) is 0 Å². The summed E-state index contributed by atoms with van der Waals surface area (Å²) in [7, 11) is -4.00. The van der Waals surface area contributed by atoms with E-state index in [0.717, 1.165) is 6.07 Å². The van der Waals surface area contributed by atoms with E-state index < -0.39 is 26.7 Å². The number of hydrogen-bond acceptors (Lipinski definition) is 7. The van der Waals surface area contributed by atoms with E-state index in [1.807, 2.05) is 0 Å². The molecule has 1 aromatic heterocycles. The Balaban J connectivity index is 1.60. The minimum absolute atomic E-state index is 0.0543. The second-order valence-corrected chi connectivity index (χ2v) is 8.21. The van der Waals surface area contributed by atoms with Gasteiger partial charge in [0.1, 0.15) is 11.6 Å². The molecule has 0 unspecified atom stereocenters. The molecule has 32 heavy (non-hydrogen) atoms. The van der Waals surface area contributed by atoms with Gasteiger partial charge >= 0.3 is 0 Å². The fraction of sp³-hybridized carbons (Fsp3) is 0.100. The minimum Gasteiger partial charge on any atom is -0.351 e. The summed E-state index contributed by atoms with van der Waals surface area (Å²) < 4.78 is 40.3. The molecule has 0 fully saturated rings. The summed E-state index contributed by atoms with van der Waals surface area (Å²) in [5.74, 6) is -0.771. The van der Waals surface area contributed by atoms with Crippen LogP contribution in [0.25, 0.3) is 0 Å². The third kappa shape index (κ3) is 5.83. The normalized spacial score (nSPS) is 11.0. The van der Waals surface area contributed by atoms with Crippen LogP contribution in [0.5, 0.6) is 0 Å². The average Bonchev–Trinajstić information content (AvgIpc) is 2.77. The molecular weight excluding hydrogens is 441 g/mol. The number of pyridine rings is 1. The molecule has 0 bridgehead atoms. The van der Waals surface area contributed by atoms with Gasteiger partial charge in [-0.1, -0.05) is 12.1 Å². The number of non-ortho nitro benzene ring substituents is 1. The van der Waals surface area contributed by atoms with Crippen molar-refractivity contribution in [3.8, 4) is 0 Å². The molecule has 1 heterocycles. The Morgan fingerprint density at radius 2 is 1.84 bits per heavy atom. The number of nitro benzene ring substituents is 1. The van der Waals surface area contributed by atoms with E-state index in [9.17, 15) is 27.7 Å². The lowest BCUT2D eigenvalue weighted by Crippen LogP contribution is -2.35. The minimum atomic E-state index is -4.00. The molecule has 0 aliphatic rings. The van der Waals surface area contributed by atoms with Crippen molar-refractivity contribution in [2.75, 3.05) is 18.4 Å². The Hall–Kier alpha value is -3.90. The molecule has 3 N–H and O–H groups in total. The third-order valence-corrected chi connectivity index (χ3v) is 5.64. The Morgan fingerprint density at radius 3 is 2.59 bits per heavy atom. The lowest BCUT2D eigenvalue weighted by atomic mass is 10.2. The van der Waals surface area contributed by atoms with E-state index in [0.29, 0.717) is 5.69 Å². The van der Waals surface area contributed by atoms with Crippen LogP contribution in [0.2, 0.25) is 0 Å². The van der Waals surface area contributed by atoms with Crippen LogP contribution in [0.3, 0.4) is 0 Å². The number of sulfonamides is 1. The lowest BCUT2D eigenvalue weighted by Gasteiger charge is -2.12. The van der Waals surface area contributed by atoms with Gasteiger partial charge in [-0.3, -0.25) is 14.9 Å². The van der Waals surface area contributed by atoms with Gasteiger partial charge in [-0.05, 0) is 36.4 Å². The highest BCUT2D eigenvalue weighted by Gasteiger charge is 2.18. The quantitative estimate of drug-likeness (QED) is 0.253. The van der Waals surface area contributed by atoms with E-state index in [4.69, 9.17) is 0 Å². The van der Waals surface area contributed by atoms with Crippen LogP contribution >= 0.6 is 0 Å². The highest BCUT2D eigenvalue weighted by atomic mass is 32.2. The van der Waals surface area contributed by atoms with Crippen molar-refractivity contribution < 1.29 is 22.5 Å². The standard InChI is InChI=1S/C20H18FN5O5S/c21-14-4-1-5-15(12-14)25-19-18(8-3-9-22-19)20(27)23-10-11-24-32(30,31)17-7-2-6-16(13-17)26(28)29/h1-9,12-13,24H,10-11H2,(H,22,25)(H,23,27). The predicted molar refractivity (Wildman–Crippen MR) is 115 cm³/mol. The number of rotatable bonds is 9. The first-order valence-corrected chi connectivity index (χ1v) is 10.7. The highest BCUT2D eigenvalue weighted by molar-refractivity contribution is 7.89. The Bertz CT molecular complexity index is 1250. The summed E-state index contributed by atoms with van der Waals surface area (Å²) in [5.41, 5.74) is 0.233. The van der Waals surface area contributed by atoms with Crippen molar-refractivity contribution in [3.63, 3.8) is 0 Å². The van der Waals surface area contributed by atoms with Crippen LogP contribution in [0.1, 0.15) is 10.4 Å². The summed E-state index contributed by atoms with van der Waals surface area (Å²) in [6, 6.07) is 13.3. The number of benzene rings is 2. The first kappa shape index (κ1) is 22.8. The summed E-state index contributed by atoms with van der Waals surface area (Å²) in [5, 5.41) is 16.3. The molecule has 0 radical (unpaired) electrons. The molecule has 3 rings (SSSR count). The second kappa shape index (κ2) is 9.94. The average molecular weight is 459 g/mol. The van der Waals surface area contributed by atoms with Gasteiger partial charge in [0.15, 0.2) is 0 Å². The smallest absolute Gasteiger partial charge is 0.270 e. The van der Waals surface area contributed by atoms with Gasteiger partial charge in [-0.25, -0.2) is 22.5 Å². The third-order valence-electron chi connectivity index (χ3n) is 4.18. The molecule has 0 spiro atoms. The number of nitrogens with one attached hydrogen (secondary N) is 3. The zero-order valence-corrected chi connectivity index (χ0v) is 17.3. The number of nitrogens with zero attached hydrogens (tertiary/aromatic N) is 2. The van der Waals surface area contributed by atoms with Crippen LogP contribution in [0, 0.1) is 15.9 Å². The van der Waals surface area contributed by atoms with E-state index in [2.05, 4.69) is 20.3 Å². The van der Waals surface area contributed by atoms with Gasteiger partial charge in [0.25, 0.3) is 11.6 Å². The van der Waals surface area contributed by atoms with Crippen molar-refractivity contribution >= 4 is 33.1 Å². The molecule has 10 nitrogen and oxygen atoms in total. The topological polar surface area (TPSA) is 143 Å². The van der Waals surface area contributed by atoms with Gasteiger partial charge in [0, 0.05) is 37.1 Å². The fourth-order valence-corrected chi connectivity index (χ4v) is 3.77. The maximum absolute atomic E-state index is 13.4. The van der Waals surface area contributed by atoms with Crippen molar-refractivity contribution in [2.45, 2.75) is 4.90 Å². The summed E-state index contributed by atoms with van der Waals surface area (Å²) in [6.45, 7) is -0.203. The molecule has 0 saturated carbocycles. The first-order chi connectivity index (χ1) is 15.3. The van der Waals surface area contributed by atoms with E-state index in [1.54, 1.807) is 12.1 Å². The molecule has 0 aliphatic carbocycles. The van der Waals surface area contributed by atoms with Crippen LogP contribution < -0.4 is 15.4 Å². The van der Waals surface area contributed by atoms with Crippen molar-refractivity contribution in [3.05, 3.63) is 88.4 Å². The molecule has 3 aromatic rings. The highest BCUT2D eigenvalue weighted by Crippen LogP contribution is 2.19. The largest absolute Gasteiger partial charge is 0.351 e. The summed E-state index contributed by atoms with van der Waals surface area (Å²) in [6.07, 6.45) is 1.46. The van der Waals surface area contributed by atoms with Crippen LogP contribution in [-0.4, -0.2) is 37.3 Å². The summed E-state index contributed by atoms with van der Waals surface area (Å²) in [4.78, 5) is 26.5. The second-order valence-electron chi connectivity index (χ2n) is 6.44. The molecule has 2 aromatic carbocycles. The predicted octanol–water partition coefficient (Wildman–Crippen LogP) is 2.58. The molecule has 1 amide bonds. The summed E-state index contributed by atoms with van der Waals surface area (Å²) >= 11 is 0. The number of amides is 1. The van der Waals surface area contributed by atoms with Crippen LogP contribution in [0.4, 0.5) is 21.6 Å². The van der Waals surface area contributed by atoms with Gasteiger partial charge in [0.2, 0.25) is 10.0 Å². The lowest BCUT2D eigenvalue weighted by molar-refractivity contribution is -0.385. The number of carbonyl (C=O) groups is 1. The molecule has 0 saturated heterocycles. The fourth-order valence-electron chi connectivity index (χ4n) is 2.70. The number of hydrogen-bond donors (Lipinski definition) is 3. The maximum Gasteiger partial charge on any atom is 0.270 e. The molecular formula is C20H18FN5O5S. The van der Waals surface area contributed by atoms with E-state index >= 15 is 0 Å². The number of halogens is 1. The first-order valence-electron chi connectivity index (χ1n) is 9.26. The van der Waals surface area contributed by atoms with Crippen molar-refractivity contribution in [1.29, 1.82) is 0 Å². The molecule has 0 atom stereocenters. The zero-order valence-electron chi connectivity index (χ0n) is 16.5. The number of carbonyl (C=O) groups excluding carboxylic acids is 1. The van der Waals surface area contributed by atoms with Crippen LogP contribution in [-0.2, 0) is 10.0 Å². The van der Waals surface area contributed by atoms with Crippen molar-refractivity contribution in [1.82, 2.24) is 15.0 Å². The van der Waals surface area contributed by atoms with E-state index in [1.165, 1.54) is 48.7 Å². The van der Waals surface area contributed by atoms with Gasteiger partial charge in [-0.15, -0.1) is 0 Å². The Labute approximate surface area is 182 Å². The Morgan fingerprint density at radius 1 is 1.06 bits per heavy atom. The number of anilines is 2. The van der Waals surface area contributed by atoms with Crippen molar-refractivity contribution in [2.24, 2.45) is 0 Å². The van der Waals surface area contributed by atoms with Gasteiger partial charge < -0.3 is 10.6 Å². The molecule has 0 aliphatic heterocycles. The number of aromatic nitrogens is 1. The maximum atomic E-state index is 13.4. The molecule has 12 heteroatoms. The number of nitro groups is 1. The van der Waals surface area contributed by atoms with Crippen LogP contribution in [0.15, 0.2) is 71.8 Å². The monoisotopic (exact) mass is 459 g/mol. The van der Waals surface area contributed by atoms with E-state index in [-0.39, 0.29) is 35.1 Å². The Kier molecular flexibility index (Phi) is 7.07. The SMILES string of the molecule is O=C(NCCNS(=O)(=O)c1cccc([N+](=O)[O-])c1)c1cccnc1Nc1cccc(F)c1. The molecule has 166 valence electrons.